The number of amides is 1. The Labute approximate surface area is 181 Å². The standard InChI is InChI=1S/C22H31N3O6/c23-22(16(21(29)30)6-2-1-5-15-9-11-24-12-10-15)13-19(26)25(14-20(27)28)17-7-3-4-8-18(17)31-22/h3-4,7-8,15-16,24H,1-2,5-6,9-14,23H2,(H,27,28)(H,29,30)/t16?,22-/m0/s1. The van der Waals surface area contributed by atoms with Crippen molar-refractivity contribution in [2.45, 2.75) is 50.7 Å². The molecule has 0 bridgehead atoms. The van der Waals surface area contributed by atoms with Crippen LogP contribution in [0.15, 0.2) is 24.3 Å². The van der Waals surface area contributed by atoms with Gasteiger partial charge in [-0.1, -0.05) is 31.4 Å². The molecule has 0 aliphatic carbocycles. The number of hydrogen-bond donors (Lipinski definition) is 4. The molecule has 1 aromatic rings. The van der Waals surface area contributed by atoms with Crippen molar-refractivity contribution in [3.05, 3.63) is 24.3 Å². The zero-order valence-corrected chi connectivity index (χ0v) is 17.6. The monoisotopic (exact) mass is 433 g/mol. The molecule has 2 aliphatic rings. The fraction of sp³-hybridized carbons (Fsp3) is 0.591. The van der Waals surface area contributed by atoms with Gasteiger partial charge < -0.3 is 20.3 Å². The first-order valence-corrected chi connectivity index (χ1v) is 10.8. The van der Waals surface area contributed by atoms with Crippen LogP contribution in [-0.2, 0) is 14.4 Å². The molecule has 0 saturated carbocycles. The molecule has 1 aromatic carbocycles. The Bertz CT molecular complexity index is 810. The third-order valence-corrected chi connectivity index (χ3v) is 6.18. The molecule has 1 unspecified atom stereocenters. The Morgan fingerprint density at radius 1 is 1.23 bits per heavy atom. The molecule has 1 saturated heterocycles. The van der Waals surface area contributed by atoms with Crippen molar-refractivity contribution in [2.24, 2.45) is 17.6 Å². The molecule has 1 amide bonds. The lowest BCUT2D eigenvalue weighted by Gasteiger charge is -2.33. The SMILES string of the molecule is N[C@@]1(C(CCCCC2CCNCC2)C(=O)O)CC(=O)N(CC(=O)O)c2ccccc2O1. The van der Waals surface area contributed by atoms with E-state index in [-0.39, 0.29) is 17.9 Å². The number of piperidine rings is 1. The number of hydrogen-bond acceptors (Lipinski definition) is 6. The van der Waals surface area contributed by atoms with Crippen molar-refractivity contribution in [3.8, 4) is 5.75 Å². The minimum Gasteiger partial charge on any atom is -0.481 e. The summed E-state index contributed by atoms with van der Waals surface area (Å²) < 4.78 is 5.93. The van der Waals surface area contributed by atoms with Gasteiger partial charge in [-0.05, 0) is 50.4 Å². The minimum atomic E-state index is -1.76. The van der Waals surface area contributed by atoms with E-state index in [1.165, 1.54) is 0 Å². The van der Waals surface area contributed by atoms with E-state index in [4.69, 9.17) is 10.5 Å². The van der Waals surface area contributed by atoms with E-state index in [0.717, 1.165) is 43.7 Å². The molecule has 1 fully saturated rings. The van der Waals surface area contributed by atoms with E-state index in [0.29, 0.717) is 12.3 Å². The Hall–Kier alpha value is -2.65. The van der Waals surface area contributed by atoms with Crippen molar-refractivity contribution in [1.82, 2.24) is 5.32 Å². The smallest absolute Gasteiger partial charge is 0.323 e. The number of benzene rings is 1. The van der Waals surface area contributed by atoms with Gasteiger partial charge in [0.2, 0.25) is 5.91 Å². The zero-order chi connectivity index (χ0) is 22.4. The van der Waals surface area contributed by atoms with Crippen molar-refractivity contribution < 1.29 is 29.3 Å². The van der Waals surface area contributed by atoms with E-state index >= 15 is 0 Å². The van der Waals surface area contributed by atoms with Crippen LogP contribution in [0.4, 0.5) is 5.69 Å². The van der Waals surface area contributed by atoms with Crippen LogP contribution in [-0.4, -0.2) is 53.4 Å². The number of para-hydroxylation sites is 2. The average molecular weight is 434 g/mol. The van der Waals surface area contributed by atoms with Crippen LogP contribution in [0.5, 0.6) is 5.75 Å². The molecule has 2 atom stereocenters. The summed E-state index contributed by atoms with van der Waals surface area (Å²) in [6.07, 6.45) is 4.73. The van der Waals surface area contributed by atoms with Crippen molar-refractivity contribution in [2.75, 3.05) is 24.5 Å². The molecule has 3 rings (SSSR count). The number of aliphatic carboxylic acids is 2. The van der Waals surface area contributed by atoms with Gasteiger partial charge in [-0.15, -0.1) is 0 Å². The number of carbonyl (C=O) groups is 3. The van der Waals surface area contributed by atoms with Gasteiger partial charge in [-0.25, -0.2) is 0 Å². The van der Waals surface area contributed by atoms with Gasteiger partial charge in [0.05, 0.1) is 12.1 Å². The third kappa shape index (κ3) is 5.74. The maximum Gasteiger partial charge on any atom is 0.323 e. The Morgan fingerprint density at radius 3 is 2.61 bits per heavy atom. The number of carbonyl (C=O) groups excluding carboxylic acids is 1. The number of fused-ring (bicyclic) bond motifs is 1. The number of rotatable bonds is 9. The van der Waals surface area contributed by atoms with E-state index in [1.54, 1.807) is 24.3 Å². The highest BCUT2D eigenvalue weighted by Gasteiger charge is 2.47. The van der Waals surface area contributed by atoms with Gasteiger partial charge in [0.25, 0.3) is 0 Å². The Morgan fingerprint density at radius 2 is 1.94 bits per heavy atom. The lowest BCUT2D eigenvalue weighted by Crippen LogP contribution is -2.57. The van der Waals surface area contributed by atoms with Crippen LogP contribution in [0.2, 0.25) is 0 Å². The van der Waals surface area contributed by atoms with Gasteiger partial charge in [0, 0.05) is 0 Å². The lowest BCUT2D eigenvalue weighted by atomic mass is 9.86. The highest BCUT2D eigenvalue weighted by Crippen LogP contribution is 2.38. The zero-order valence-electron chi connectivity index (χ0n) is 17.6. The van der Waals surface area contributed by atoms with Crippen molar-refractivity contribution in [3.63, 3.8) is 0 Å². The summed E-state index contributed by atoms with van der Waals surface area (Å²) in [4.78, 5) is 37.4. The summed E-state index contributed by atoms with van der Waals surface area (Å²) in [5.74, 6) is -3.11. The predicted molar refractivity (Wildman–Crippen MR) is 114 cm³/mol. The minimum absolute atomic E-state index is 0.207. The van der Waals surface area contributed by atoms with Crippen LogP contribution >= 0.6 is 0 Å². The second kappa shape index (κ2) is 10.1. The molecular formula is C22H31N3O6. The summed E-state index contributed by atoms with van der Waals surface area (Å²) in [6, 6.07) is 6.46. The summed E-state index contributed by atoms with van der Waals surface area (Å²) in [6.45, 7) is 1.50. The van der Waals surface area contributed by atoms with Gasteiger partial charge in [0.15, 0.2) is 5.72 Å². The first kappa shape index (κ1) is 23.0. The number of anilines is 1. The average Bonchev–Trinajstić information content (AvgIpc) is 2.82. The molecule has 170 valence electrons. The van der Waals surface area contributed by atoms with Crippen LogP contribution < -0.4 is 20.7 Å². The van der Waals surface area contributed by atoms with Gasteiger partial charge in [0.1, 0.15) is 18.2 Å². The maximum atomic E-state index is 12.9. The van der Waals surface area contributed by atoms with E-state index < -0.39 is 42.5 Å². The first-order chi connectivity index (χ1) is 14.8. The second-order valence-electron chi connectivity index (χ2n) is 8.44. The Kier molecular flexibility index (Phi) is 7.50. The normalized spacial score (nSPS) is 22.9. The number of nitrogens with zero attached hydrogens (tertiary/aromatic N) is 1. The molecule has 0 aromatic heterocycles. The summed E-state index contributed by atoms with van der Waals surface area (Å²) in [7, 11) is 0. The molecule has 31 heavy (non-hydrogen) atoms. The summed E-state index contributed by atoms with van der Waals surface area (Å²) in [5, 5.41) is 22.4. The number of unbranched alkanes of at least 4 members (excludes halogenated alkanes) is 1. The second-order valence-corrected chi connectivity index (χ2v) is 8.44. The van der Waals surface area contributed by atoms with E-state index in [9.17, 15) is 24.6 Å². The van der Waals surface area contributed by atoms with Gasteiger partial charge in [-0.2, -0.15) is 0 Å². The van der Waals surface area contributed by atoms with Gasteiger partial charge >= 0.3 is 11.9 Å². The number of nitrogens with two attached hydrogens (primary N) is 1. The topological polar surface area (TPSA) is 142 Å². The molecule has 2 heterocycles. The lowest BCUT2D eigenvalue weighted by molar-refractivity contribution is -0.152. The highest BCUT2D eigenvalue weighted by atomic mass is 16.5. The van der Waals surface area contributed by atoms with E-state index in [2.05, 4.69) is 5.32 Å². The molecule has 2 aliphatic heterocycles. The molecule has 5 N–H and O–H groups in total. The number of nitrogens with one attached hydrogen (secondary N) is 1. The van der Waals surface area contributed by atoms with Crippen LogP contribution in [0.25, 0.3) is 0 Å². The number of carboxylic acid groups (broad SMARTS) is 2. The number of carboxylic acids is 2. The predicted octanol–water partition coefficient (Wildman–Crippen LogP) is 1.80. The van der Waals surface area contributed by atoms with E-state index in [1.807, 2.05) is 0 Å². The quantitative estimate of drug-likeness (QED) is 0.432. The van der Waals surface area contributed by atoms with Crippen LogP contribution in [0.3, 0.4) is 0 Å². The molecule has 0 spiro atoms. The van der Waals surface area contributed by atoms with Crippen LogP contribution in [0, 0.1) is 11.8 Å². The summed E-state index contributed by atoms with van der Waals surface area (Å²) in [5.41, 5.74) is 4.93. The number of ether oxygens (including phenoxy) is 1. The molecule has 0 radical (unpaired) electrons. The summed E-state index contributed by atoms with van der Waals surface area (Å²) >= 11 is 0. The molecule has 9 nitrogen and oxygen atoms in total. The first-order valence-electron chi connectivity index (χ1n) is 10.8. The van der Waals surface area contributed by atoms with Gasteiger partial charge in [-0.3, -0.25) is 25.0 Å². The highest BCUT2D eigenvalue weighted by molar-refractivity contribution is 6.00. The van der Waals surface area contributed by atoms with Crippen molar-refractivity contribution in [1.29, 1.82) is 0 Å². The fourth-order valence-corrected chi connectivity index (χ4v) is 4.50. The fourth-order valence-electron chi connectivity index (χ4n) is 4.50. The Balaban J connectivity index is 1.73. The molecular weight excluding hydrogens is 402 g/mol. The van der Waals surface area contributed by atoms with Crippen molar-refractivity contribution >= 4 is 23.5 Å². The largest absolute Gasteiger partial charge is 0.481 e. The van der Waals surface area contributed by atoms with Crippen LogP contribution in [0.1, 0.15) is 44.9 Å². The molecule has 9 heteroatoms. The third-order valence-electron chi connectivity index (χ3n) is 6.18. The maximum absolute atomic E-state index is 12.9.